The molecule has 1 amide bonds. The fourth-order valence-corrected chi connectivity index (χ4v) is 5.00. The van der Waals surface area contributed by atoms with E-state index in [-0.39, 0.29) is 6.54 Å². The first-order valence-electron chi connectivity index (χ1n) is 8.38. The lowest BCUT2D eigenvalue weighted by Crippen LogP contribution is -2.36. The monoisotopic (exact) mass is 376 g/mol. The van der Waals surface area contributed by atoms with E-state index in [4.69, 9.17) is 14.5 Å². The maximum absolute atomic E-state index is 13.5. The highest BCUT2D eigenvalue weighted by Gasteiger charge is 2.36. The number of hydroxylamine groups is 1. The summed E-state index contributed by atoms with van der Waals surface area (Å²) in [6, 6.07) is 16.2. The predicted molar refractivity (Wildman–Crippen MR) is 96.9 cm³/mol. The zero-order valence-corrected chi connectivity index (χ0v) is 15.1. The molecule has 2 N–H and O–H groups in total. The molecule has 1 atom stereocenters. The van der Waals surface area contributed by atoms with Crippen LogP contribution in [0.15, 0.2) is 54.6 Å². The Bertz CT molecular complexity index is 782. The molecule has 0 spiro atoms. The molecular weight excluding hydrogens is 355 g/mol. The highest BCUT2D eigenvalue weighted by Crippen LogP contribution is 2.51. The minimum Gasteiger partial charge on any atom is -0.457 e. The third kappa shape index (κ3) is 4.31. The number of carbonyl (C=O) groups excluding carboxylic acids is 1. The number of hydrogen-bond donors (Lipinski definition) is 2. The van der Waals surface area contributed by atoms with Gasteiger partial charge in [-0.25, -0.2) is 10.2 Å². The number of ether oxygens (including phenoxy) is 1. The first-order chi connectivity index (χ1) is 12.6. The minimum atomic E-state index is -3.38. The molecule has 7 nitrogen and oxygen atoms in total. The molecule has 0 radical (unpaired) electrons. The van der Waals surface area contributed by atoms with Crippen LogP contribution in [-0.4, -0.2) is 35.5 Å². The van der Waals surface area contributed by atoms with Crippen molar-refractivity contribution in [2.45, 2.75) is 12.8 Å². The highest BCUT2D eigenvalue weighted by molar-refractivity contribution is 7.64. The first-order valence-corrected chi connectivity index (χ1v) is 9.96. The molecule has 2 aromatic carbocycles. The van der Waals surface area contributed by atoms with E-state index in [1.807, 2.05) is 30.3 Å². The van der Waals surface area contributed by atoms with Gasteiger partial charge in [-0.2, -0.15) is 0 Å². The number of nitrogens with one attached hydrogen (secondary N) is 1. The van der Waals surface area contributed by atoms with Crippen molar-refractivity contribution in [2.24, 2.45) is 0 Å². The molecule has 1 heterocycles. The standard InChI is InChI=1S/C18H21N2O5P/c21-18(19-22)14-20-12-4-5-13-24-26(20,23)17-10-8-16(9-11-17)25-15-6-2-1-3-7-15/h1-3,6-11,22H,4-5,12-14H2,(H,19,21). The van der Waals surface area contributed by atoms with Crippen LogP contribution in [0.2, 0.25) is 0 Å². The van der Waals surface area contributed by atoms with Gasteiger partial charge in [-0.3, -0.25) is 14.6 Å². The largest absolute Gasteiger partial charge is 0.457 e. The lowest BCUT2D eigenvalue weighted by molar-refractivity contribution is -0.129. The first kappa shape index (κ1) is 18.6. The van der Waals surface area contributed by atoms with Crippen LogP contribution < -0.4 is 15.5 Å². The molecule has 3 rings (SSSR count). The number of amides is 1. The summed E-state index contributed by atoms with van der Waals surface area (Å²) in [5.41, 5.74) is 1.58. The number of rotatable bonds is 5. The SMILES string of the molecule is O=C(CN1CCCCOP1(=O)c1ccc(Oc2ccccc2)cc1)NO. The maximum atomic E-state index is 13.5. The van der Waals surface area contributed by atoms with Crippen LogP contribution in [0.1, 0.15) is 12.8 Å². The molecule has 0 bridgehead atoms. The van der Waals surface area contributed by atoms with Crippen molar-refractivity contribution in [3.8, 4) is 11.5 Å². The van der Waals surface area contributed by atoms with Crippen molar-refractivity contribution in [1.29, 1.82) is 0 Å². The van der Waals surface area contributed by atoms with Gasteiger partial charge in [0.05, 0.1) is 18.5 Å². The van der Waals surface area contributed by atoms with E-state index in [1.165, 1.54) is 4.67 Å². The molecule has 8 heteroatoms. The molecule has 0 aliphatic carbocycles. The van der Waals surface area contributed by atoms with Gasteiger partial charge in [-0.05, 0) is 49.2 Å². The summed E-state index contributed by atoms with van der Waals surface area (Å²) >= 11 is 0. The Morgan fingerprint density at radius 2 is 1.81 bits per heavy atom. The Kier molecular flexibility index (Phi) is 6.06. The van der Waals surface area contributed by atoms with E-state index in [1.54, 1.807) is 29.7 Å². The summed E-state index contributed by atoms with van der Waals surface area (Å²) in [6.07, 6.45) is 1.52. The van der Waals surface area contributed by atoms with Crippen LogP contribution in [0.5, 0.6) is 11.5 Å². The van der Waals surface area contributed by atoms with E-state index >= 15 is 0 Å². The van der Waals surface area contributed by atoms with Crippen molar-refractivity contribution in [1.82, 2.24) is 10.2 Å². The van der Waals surface area contributed by atoms with Crippen molar-refractivity contribution in [2.75, 3.05) is 19.7 Å². The van der Waals surface area contributed by atoms with Crippen LogP contribution in [0.4, 0.5) is 0 Å². The third-order valence-corrected chi connectivity index (χ3v) is 6.61. The van der Waals surface area contributed by atoms with Crippen LogP contribution in [0.25, 0.3) is 0 Å². The molecule has 1 fully saturated rings. The quantitative estimate of drug-likeness (QED) is 0.474. The van der Waals surface area contributed by atoms with Gasteiger partial charge < -0.3 is 9.26 Å². The fraction of sp³-hybridized carbons (Fsp3) is 0.278. The summed E-state index contributed by atoms with van der Waals surface area (Å²) in [6.45, 7) is 0.611. The van der Waals surface area contributed by atoms with E-state index in [9.17, 15) is 9.36 Å². The molecule has 1 unspecified atom stereocenters. The normalized spacial score (nSPS) is 21.0. The minimum absolute atomic E-state index is 0.198. The van der Waals surface area contributed by atoms with Crippen LogP contribution in [0.3, 0.4) is 0 Å². The average Bonchev–Trinajstić information content (AvgIpc) is 2.85. The van der Waals surface area contributed by atoms with Crippen molar-refractivity contribution < 1.29 is 23.8 Å². The molecule has 0 aromatic heterocycles. The predicted octanol–water partition coefficient (Wildman–Crippen LogP) is 2.92. The van der Waals surface area contributed by atoms with Crippen molar-refractivity contribution >= 4 is 18.7 Å². The molecule has 1 saturated heterocycles. The second-order valence-corrected chi connectivity index (χ2v) is 8.27. The maximum Gasteiger partial charge on any atom is 0.302 e. The fourth-order valence-electron chi connectivity index (χ4n) is 2.74. The van der Waals surface area contributed by atoms with Gasteiger partial charge in [-0.1, -0.05) is 18.2 Å². The second kappa shape index (κ2) is 8.47. The zero-order valence-electron chi connectivity index (χ0n) is 14.2. The van der Waals surface area contributed by atoms with E-state index < -0.39 is 13.4 Å². The molecule has 1 aliphatic rings. The molecule has 138 valence electrons. The third-order valence-electron chi connectivity index (χ3n) is 4.04. The Morgan fingerprint density at radius 1 is 1.12 bits per heavy atom. The number of hydrogen-bond acceptors (Lipinski definition) is 5. The number of carbonyl (C=O) groups is 1. The van der Waals surface area contributed by atoms with Crippen LogP contribution in [-0.2, 0) is 13.9 Å². The highest BCUT2D eigenvalue weighted by atomic mass is 31.2. The van der Waals surface area contributed by atoms with E-state index in [0.717, 1.165) is 12.8 Å². The summed E-state index contributed by atoms with van der Waals surface area (Å²) < 4.78 is 26.4. The molecule has 26 heavy (non-hydrogen) atoms. The number of nitrogens with zero attached hydrogens (tertiary/aromatic N) is 1. The Labute approximate surface area is 152 Å². The topological polar surface area (TPSA) is 88.1 Å². The Balaban J connectivity index is 1.82. The van der Waals surface area contributed by atoms with Crippen LogP contribution >= 0.6 is 7.52 Å². The molecule has 1 aliphatic heterocycles. The van der Waals surface area contributed by atoms with Crippen LogP contribution in [0, 0.1) is 0 Å². The number of para-hydroxylation sites is 1. The van der Waals surface area contributed by atoms with Crippen molar-refractivity contribution in [3.63, 3.8) is 0 Å². The van der Waals surface area contributed by atoms with E-state index in [2.05, 4.69) is 0 Å². The van der Waals surface area contributed by atoms with Gasteiger partial charge in [0.1, 0.15) is 11.5 Å². The van der Waals surface area contributed by atoms with Gasteiger partial charge in [0.25, 0.3) is 5.91 Å². The van der Waals surface area contributed by atoms with E-state index in [0.29, 0.717) is 30.0 Å². The molecular formula is C18H21N2O5P. The second-order valence-electron chi connectivity index (χ2n) is 5.89. The lowest BCUT2D eigenvalue weighted by atomic mass is 10.3. The van der Waals surface area contributed by atoms with Gasteiger partial charge >= 0.3 is 7.52 Å². The zero-order chi connectivity index (χ0) is 18.4. The summed E-state index contributed by atoms with van der Waals surface area (Å²) in [5.74, 6) is 0.694. The molecule has 2 aromatic rings. The summed E-state index contributed by atoms with van der Waals surface area (Å²) in [4.78, 5) is 11.6. The Hall–Kier alpha value is -2.18. The number of benzene rings is 2. The average molecular weight is 376 g/mol. The van der Waals surface area contributed by atoms with Gasteiger partial charge in [0.15, 0.2) is 0 Å². The Morgan fingerprint density at radius 3 is 2.50 bits per heavy atom. The smallest absolute Gasteiger partial charge is 0.302 e. The van der Waals surface area contributed by atoms with Crippen molar-refractivity contribution in [3.05, 3.63) is 54.6 Å². The lowest BCUT2D eigenvalue weighted by Gasteiger charge is -2.28. The van der Waals surface area contributed by atoms with Gasteiger partial charge in [-0.15, -0.1) is 0 Å². The van der Waals surface area contributed by atoms with Gasteiger partial charge in [0.2, 0.25) is 0 Å². The summed E-state index contributed by atoms with van der Waals surface area (Å²) in [5, 5.41) is 9.27. The van der Waals surface area contributed by atoms with Gasteiger partial charge in [0, 0.05) is 6.54 Å². The summed E-state index contributed by atoms with van der Waals surface area (Å²) in [7, 11) is -3.38. The molecule has 0 saturated carbocycles.